The van der Waals surface area contributed by atoms with E-state index >= 15 is 0 Å². The maximum atomic E-state index is 12.8. The summed E-state index contributed by atoms with van der Waals surface area (Å²) in [6.07, 6.45) is 9.82. The summed E-state index contributed by atoms with van der Waals surface area (Å²) in [5.74, 6) is 0.362. The maximum Gasteiger partial charge on any atom is 0.227 e. The molecule has 2 saturated heterocycles. The summed E-state index contributed by atoms with van der Waals surface area (Å²) in [5.41, 5.74) is 1.52. The Kier molecular flexibility index (Phi) is 24.6. The number of para-hydroxylation sites is 2. The summed E-state index contributed by atoms with van der Waals surface area (Å²) in [7, 11) is 3.48. The number of hydrogen-bond acceptors (Lipinski definition) is 6. The van der Waals surface area contributed by atoms with E-state index in [2.05, 4.69) is 23.6 Å². The average molecular weight is 756 g/mol. The monoisotopic (exact) mass is 754 g/mol. The molecule has 0 aliphatic carbocycles. The van der Waals surface area contributed by atoms with Crippen molar-refractivity contribution in [2.75, 3.05) is 76.5 Å². The minimum atomic E-state index is -0.230. The fourth-order valence-corrected chi connectivity index (χ4v) is 7.39. The van der Waals surface area contributed by atoms with E-state index in [4.69, 9.17) is 9.47 Å². The molecule has 0 aromatic heterocycles. The second-order valence-corrected chi connectivity index (χ2v) is 13.5. The molecule has 2 aliphatic rings. The first-order valence-corrected chi connectivity index (χ1v) is 18.5. The van der Waals surface area contributed by atoms with Gasteiger partial charge in [0, 0.05) is 64.6 Å². The Hall–Kier alpha value is -2.24. The van der Waals surface area contributed by atoms with Crippen LogP contribution in [0.3, 0.4) is 0 Å². The molecule has 0 radical (unpaired) electrons. The van der Waals surface area contributed by atoms with E-state index in [9.17, 15) is 9.59 Å². The van der Waals surface area contributed by atoms with Crippen molar-refractivity contribution in [1.82, 2.24) is 9.80 Å². The molecule has 51 heavy (non-hydrogen) atoms. The minimum Gasteiger partial charge on any atom is -0.412 e. The van der Waals surface area contributed by atoms with Crippen molar-refractivity contribution in [2.24, 2.45) is 0 Å². The highest BCUT2D eigenvalue weighted by molar-refractivity contribution is 5.95. The summed E-state index contributed by atoms with van der Waals surface area (Å²) >= 11 is 0. The van der Waals surface area contributed by atoms with Crippen LogP contribution in [0.2, 0.25) is 0 Å². The van der Waals surface area contributed by atoms with Gasteiger partial charge in [0.25, 0.3) is 0 Å². The first-order valence-electron chi connectivity index (χ1n) is 18.5. The SMILES string of the molecule is CCCCN1CCC(COC)(N(C(=O)CC)c2ccccc2)CC1.CCCCN1CCC(COC)(N(C(=O)CC)c2ccccc2)CC1.Cl.Cl.O. The first kappa shape index (κ1) is 48.8. The first-order chi connectivity index (χ1) is 23.3. The van der Waals surface area contributed by atoms with Gasteiger partial charge in [0.05, 0.1) is 24.3 Å². The van der Waals surface area contributed by atoms with Crippen LogP contribution in [0.4, 0.5) is 11.4 Å². The van der Waals surface area contributed by atoms with Crippen molar-refractivity contribution in [3.05, 3.63) is 60.7 Å². The largest absolute Gasteiger partial charge is 0.412 e. The highest BCUT2D eigenvalue weighted by Crippen LogP contribution is 2.36. The molecule has 292 valence electrons. The number of unbranched alkanes of at least 4 members (excludes halogenated alkanes) is 2. The molecular formula is C40H68Cl2N4O5. The van der Waals surface area contributed by atoms with Gasteiger partial charge in [-0.05, 0) is 75.9 Å². The lowest BCUT2D eigenvalue weighted by Crippen LogP contribution is -2.60. The molecule has 2 aliphatic heterocycles. The number of halogens is 2. The number of methoxy groups -OCH3 is 2. The van der Waals surface area contributed by atoms with Gasteiger partial charge in [0.15, 0.2) is 0 Å². The second-order valence-electron chi connectivity index (χ2n) is 13.5. The molecule has 0 spiro atoms. The van der Waals surface area contributed by atoms with Crippen LogP contribution in [0, 0.1) is 0 Å². The van der Waals surface area contributed by atoms with Crippen molar-refractivity contribution in [2.45, 2.75) is 103 Å². The van der Waals surface area contributed by atoms with Crippen LogP contribution in [-0.2, 0) is 19.1 Å². The number of likely N-dealkylation sites (tertiary alicyclic amines) is 2. The number of anilines is 2. The molecule has 2 N–H and O–H groups in total. The Morgan fingerprint density at radius 3 is 1.18 bits per heavy atom. The van der Waals surface area contributed by atoms with Gasteiger partial charge in [-0.3, -0.25) is 9.59 Å². The van der Waals surface area contributed by atoms with Crippen molar-refractivity contribution in [3.63, 3.8) is 0 Å². The highest BCUT2D eigenvalue weighted by atomic mass is 35.5. The number of carbonyl (C=O) groups excluding carboxylic acids is 2. The lowest BCUT2D eigenvalue weighted by Gasteiger charge is -2.48. The highest BCUT2D eigenvalue weighted by Gasteiger charge is 2.44. The summed E-state index contributed by atoms with van der Waals surface area (Å²) < 4.78 is 11.2. The third-order valence-corrected chi connectivity index (χ3v) is 10.1. The Morgan fingerprint density at radius 1 is 0.608 bits per heavy atom. The number of piperidine rings is 2. The Labute approximate surface area is 321 Å². The van der Waals surface area contributed by atoms with Gasteiger partial charge in [-0.2, -0.15) is 0 Å². The molecule has 2 amide bonds. The molecular weight excluding hydrogens is 687 g/mol. The van der Waals surface area contributed by atoms with E-state index in [0.717, 1.165) is 76.3 Å². The Balaban J connectivity index is 0.000000926. The van der Waals surface area contributed by atoms with Crippen LogP contribution < -0.4 is 9.80 Å². The number of ether oxygens (including phenoxy) is 2. The zero-order chi connectivity index (χ0) is 34.8. The van der Waals surface area contributed by atoms with Gasteiger partial charge >= 0.3 is 0 Å². The fraction of sp³-hybridized carbons (Fsp3) is 0.650. The van der Waals surface area contributed by atoms with Crippen molar-refractivity contribution in [3.8, 4) is 0 Å². The predicted octanol–water partition coefficient (Wildman–Crippen LogP) is 7.44. The van der Waals surface area contributed by atoms with Crippen LogP contribution in [-0.4, -0.2) is 105 Å². The lowest BCUT2D eigenvalue weighted by atomic mass is 9.85. The quantitative estimate of drug-likeness (QED) is 0.177. The summed E-state index contributed by atoms with van der Waals surface area (Å²) in [4.78, 5) is 34.7. The standard InChI is InChI=1S/2C20H32N2O2.2ClH.H2O/c2*1-4-6-14-21-15-12-20(13-16-21,17-24-3)22(19(23)5-2)18-10-8-7-9-11-18;;;/h2*7-11H,4-6,12-17H2,1-3H3;2*1H;1H2. The average Bonchev–Trinajstić information content (AvgIpc) is 3.12. The molecule has 2 aromatic carbocycles. The van der Waals surface area contributed by atoms with Crippen molar-refractivity contribution in [1.29, 1.82) is 0 Å². The smallest absolute Gasteiger partial charge is 0.227 e. The van der Waals surface area contributed by atoms with Gasteiger partial charge < -0.3 is 34.5 Å². The van der Waals surface area contributed by atoms with Gasteiger partial charge in [-0.25, -0.2) is 0 Å². The number of rotatable bonds is 16. The van der Waals surface area contributed by atoms with Crippen molar-refractivity contribution < 1.29 is 24.5 Å². The van der Waals surface area contributed by atoms with Crippen LogP contribution in [0.15, 0.2) is 60.7 Å². The van der Waals surface area contributed by atoms with E-state index in [-0.39, 0.29) is 53.2 Å². The van der Waals surface area contributed by atoms with E-state index in [0.29, 0.717) is 26.1 Å². The topological polar surface area (TPSA) is 97.1 Å². The molecule has 2 heterocycles. The normalized spacial score (nSPS) is 16.6. The van der Waals surface area contributed by atoms with Crippen molar-refractivity contribution >= 4 is 48.0 Å². The maximum absolute atomic E-state index is 12.8. The van der Waals surface area contributed by atoms with E-state index in [1.165, 1.54) is 25.7 Å². The summed E-state index contributed by atoms with van der Waals surface area (Å²) in [5, 5.41) is 0. The zero-order valence-electron chi connectivity index (χ0n) is 32.2. The zero-order valence-corrected chi connectivity index (χ0v) is 33.9. The summed E-state index contributed by atoms with van der Waals surface area (Å²) in [6.45, 7) is 16.0. The molecule has 11 heteroatoms. The molecule has 2 fully saturated rings. The number of benzene rings is 2. The molecule has 0 saturated carbocycles. The molecule has 4 rings (SSSR count). The van der Waals surface area contributed by atoms with Gasteiger partial charge in [-0.15, -0.1) is 24.8 Å². The Bertz CT molecular complexity index is 1100. The molecule has 9 nitrogen and oxygen atoms in total. The van der Waals surface area contributed by atoms with Crippen LogP contribution >= 0.6 is 24.8 Å². The number of carbonyl (C=O) groups is 2. The van der Waals surface area contributed by atoms with E-state index in [1.54, 1.807) is 14.2 Å². The van der Waals surface area contributed by atoms with E-state index < -0.39 is 0 Å². The van der Waals surface area contributed by atoms with Crippen LogP contribution in [0.5, 0.6) is 0 Å². The molecule has 0 bridgehead atoms. The van der Waals surface area contributed by atoms with Gasteiger partial charge in [0.1, 0.15) is 0 Å². The van der Waals surface area contributed by atoms with Gasteiger partial charge in [-0.1, -0.05) is 76.9 Å². The molecule has 0 atom stereocenters. The number of hydrogen-bond donors (Lipinski definition) is 0. The predicted molar refractivity (Wildman–Crippen MR) is 217 cm³/mol. The number of nitrogens with zero attached hydrogens (tertiary/aromatic N) is 4. The fourth-order valence-electron chi connectivity index (χ4n) is 7.39. The van der Waals surface area contributed by atoms with Crippen LogP contribution in [0.25, 0.3) is 0 Å². The number of amides is 2. The lowest BCUT2D eigenvalue weighted by molar-refractivity contribution is -0.121. The van der Waals surface area contributed by atoms with E-state index in [1.807, 2.05) is 84.3 Å². The Morgan fingerprint density at radius 2 is 0.922 bits per heavy atom. The minimum absolute atomic E-state index is 0. The molecule has 0 unspecified atom stereocenters. The second kappa shape index (κ2) is 25.7. The third kappa shape index (κ3) is 13.6. The summed E-state index contributed by atoms with van der Waals surface area (Å²) in [6, 6.07) is 20.1. The third-order valence-electron chi connectivity index (χ3n) is 10.1. The van der Waals surface area contributed by atoms with Crippen LogP contribution in [0.1, 0.15) is 91.9 Å². The molecule has 2 aromatic rings. The van der Waals surface area contributed by atoms with Gasteiger partial charge in [0.2, 0.25) is 11.8 Å².